The number of imidazole rings is 1. The normalized spacial score (nSPS) is 25.3. The maximum Gasteiger partial charge on any atom is 0.307 e. The molecule has 2 unspecified atom stereocenters. The third-order valence-electron chi connectivity index (χ3n) is 4.12. The Hall–Kier alpha value is -2.11. The number of carboxylic acid groups (broad SMARTS) is 1. The second-order valence-electron chi connectivity index (χ2n) is 5.29. The maximum atomic E-state index is 12.6. The van der Waals surface area contributed by atoms with Crippen LogP contribution in [0.15, 0.2) is 24.5 Å². The summed E-state index contributed by atoms with van der Waals surface area (Å²) in [6, 6.07) is 0. The van der Waals surface area contributed by atoms with E-state index in [0.717, 1.165) is 12.4 Å². The molecule has 6 nitrogen and oxygen atoms in total. The Morgan fingerprint density at radius 2 is 1.95 bits per heavy atom. The van der Waals surface area contributed by atoms with Crippen LogP contribution in [0.3, 0.4) is 0 Å². The predicted octanol–water partition coefficient (Wildman–Crippen LogP) is 0.892. The van der Waals surface area contributed by atoms with Gasteiger partial charge in [0, 0.05) is 25.5 Å². The first-order chi connectivity index (χ1) is 9.66. The molecule has 2 heterocycles. The highest BCUT2D eigenvalue weighted by atomic mass is 16.4. The van der Waals surface area contributed by atoms with Gasteiger partial charge >= 0.3 is 5.97 Å². The number of allylic oxidation sites excluding steroid dienone is 2. The van der Waals surface area contributed by atoms with E-state index in [1.165, 1.54) is 0 Å². The van der Waals surface area contributed by atoms with Crippen molar-refractivity contribution in [1.29, 1.82) is 0 Å². The molecular weight excluding hydrogens is 258 g/mol. The van der Waals surface area contributed by atoms with Crippen LogP contribution in [-0.2, 0) is 22.7 Å². The molecule has 20 heavy (non-hydrogen) atoms. The number of carbonyl (C=O) groups excluding carboxylic acids is 1. The van der Waals surface area contributed by atoms with Crippen LogP contribution < -0.4 is 0 Å². The minimum Gasteiger partial charge on any atom is -0.481 e. The molecule has 6 heteroatoms. The number of aliphatic carboxylic acids is 1. The Labute approximate surface area is 116 Å². The van der Waals surface area contributed by atoms with Gasteiger partial charge in [0.15, 0.2) is 0 Å². The van der Waals surface area contributed by atoms with Crippen LogP contribution in [-0.4, -0.2) is 38.0 Å². The van der Waals surface area contributed by atoms with Crippen molar-refractivity contribution >= 4 is 11.9 Å². The van der Waals surface area contributed by atoms with Gasteiger partial charge in [-0.1, -0.05) is 12.2 Å². The average molecular weight is 275 g/mol. The standard InChI is InChI=1S/C14H17N3O3/c18-13(10-3-1-2-4-11(10)14(19)20)17-8-7-16-6-5-15-12(16)9-17/h1-2,5-6,10-11H,3-4,7-9H2,(H,19,20). The molecule has 3 rings (SSSR count). The van der Waals surface area contributed by atoms with E-state index in [1.54, 1.807) is 11.1 Å². The zero-order chi connectivity index (χ0) is 14.1. The summed E-state index contributed by atoms with van der Waals surface area (Å²) in [5.41, 5.74) is 0. The monoisotopic (exact) mass is 275 g/mol. The number of carbonyl (C=O) groups is 2. The zero-order valence-electron chi connectivity index (χ0n) is 11.1. The summed E-state index contributed by atoms with van der Waals surface area (Å²) in [7, 11) is 0. The smallest absolute Gasteiger partial charge is 0.307 e. The Balaban J connectivity index is 1.76. The van der Waals surface area contributed by atoms with Crippen molar-refractivity contribution in [3.05, 3.63) is 30.4 Å². The fraction of sp³-hybridized carbons (Fsp3) is 0.500. The Kier molecular flexibility index (Phi) is 3.30. The van der Waals surface area contributed by atoms with Gasteiger partial charge in [-0.3, -0.25) is 9.59 Å². The van der Waals surface area contributed by atoms with Gasteiger partial charge < -0.3 is 14.6 Å². The first-order valence-corrected chi connectivity index (χ1v) is 6.83. The minimum atomic E-state index is -0.883. The molecule has 1 aromatic rings. The van der Waals surface area contributed by atoms with Crippen molar-refractivity contribution in [2.45, 2.75) is 25.9 Å². The molecule has 1 N–H and O–H groups in total. The second-order valence-corrected chi connectivity index (χ2v) is 5.29. The number of hydrogen-bond donors (Lipinski definition) is 1. The Morgan fingerprint density at radius 3 is 2.70 bits per heavy atom. The topological polar surface area (TPSA) is 75.4 Å². The zero-order valence-corrected chi connectivity index (χ0v) is 11.1. The fourth-order valence-corrected chi connectivity index (χ4v) is 2.96. The number of fused-ring (bicyclic) bond motifs is 1. The van der Waals surface area contributed by atoms with Gasteiger partial charge in [0.25, 0.3) is 0 Å². The summed E-state index contributed by atoms with van der Waals surface area (Å²) in [4.78, 5) is 29.8. The number of hydrogen-bond acceptors (Lipinski definition) is 3. The summed E-state index contributed by atoms with van der Waals surface area (Å²) in [6.07, 6.45) is 8.35. The molecule has 0 saturated carbocycles. The van der Waals surface area contributed by atoms with Gasteiger partial charge in [-0.05, 0) is 12.8 Å². The molecule has 0 aromatic carbocycles. The van der Waals surface area contributed by atoms with Crippen molar-refractivity contribution in [2.75, 3.05) is 6.54 Å². The number of carboxylic acids is 1. The Bertz CT molecular complexity index is 564. The van der Waals surface area contributed by atoms with Crippen LogP contribution in [0.5, 0.6) is 0 Å². The van der Waals surface area contributed by atoms with Gasteiger partial charge in [0.05, 0.1) is 18.4 Å². The lowest BCUT2D eigenvalue weighted by Crippen LogP contribution is -2.45. The van der Waals surface area contributed by atoms with E-state index in [4.69, 9.17) is 0 Å². The van der Waals surface area contributed by atoms with E-state index in [2.05, 4.69) is 4.98 Å². The van der Waals surface area contributed by atoms with E-state index in [-0.39, 0.29) is 5.91 Å². The highest BCUT2D eigenvalue weighted by molar-refractivity contribution is 5.85. The summed E-state index contributed by atoms with van der Waals surface area (Å²) in [5.74, 6) is -1.13. The number of aromatic nitrogens is 2. The first-order valence-electron chi connectivity index (χ1n) is 6.83. The molecule has 2 atom stereocenters. The van der Waals surface area contributed by atoms with Crippen LogP contribution in [0.2, 0.25) is 0 Å². The lowest BCUT2D eigenvalue weighted by Gasteiger charge is -2.33. The van der Waals surface area contributed by atoms with Gasteiger partial charge in [0.2, 0.25) is 5.91 Å². The maximum absolute atomic E-state index is 12.6. The number of rotatable bonds is 2. The van der Waals surface area contributed by atoms with Gasteiger partial charge in [-0.2, -0.15) is 0 Å². The summed E-state index contributed by atoms with van der Waals surface area (Å²) in [5, 5.41) is 9.26. The molecule has 2 aliphatic rings. The molecule has 1 amide bonds. The van der Waals surface area contributed by atoms with Crippen LogP contribution in [0.25, 0.3) is 0 Å². The second kappa shape index (κ2) is 5.11. The van der Waals surface area contributed by atoms with Gasteiger partial charge in [-0.15, -0.1) is 0 Å². The third kappa shape index (κ3) is 2.21. The van der Waals surface area contributed by atoms with E-state index < -0.39 is 17.8 Å². The van der Waals surface area contributed by atoms with Crippen molar-refractivity contribution in [3.8, 4) is 0 Å². The number of nitrogens with zero attached hydrogens (tertiary/aromatic N) is 3. The molecule has 0 radical (unpaired) electrons. The van der Waals surface area contributed by atoms with Crippen molar-refractivity contribution < 1.29 is 14.7 Å². The highest BCUT2D eigenvalue weighted by Gasteiger charge is 2.37. The van der Waals surface area contributed by atoms with Crippen LogP contribution in [0.4, 0.5) is 0 Å². The highest BCUT2D eigenvalue weighted by Crippen LogP contribution is 2.28. The largest absolute Gasteiger partial charge is 0.481 e. The average Bonchev–Trinajstić information content (AvgIpc) is 2.93. The molecule has 1 aliphatic heterocycles. The third-order valence-corrected chi connectivity index (χ3v) is 4.12. The quantitative estimate of drug-likeness (QED) is 0.813. The summed E-state index contributed by atoms with van der Waals surface area (Å²) in [6.45, 7) is 1.81. The predicted molar refractivity (Wildman–Crippen MR) is 70.6 cm³/mol. The van der Waals surface area contributed by atoms with Crippen molar-refractivity contribution in [1.82, 2.24) is 14.5 Å². The molecule has 1 aromatic heterocycles. The molecule has 0 bridgehead atoms. The van der Waals surface area contributed by atoms with E-state index >= 15 is 0 Å². The van der Waals surface area contributed by atoms with Crippen molar-refractivity contribution in [3.63, 3.8) is 0 Å². The van der Waals surface area contributed by atoms with Crippen LogP contribution in [0, 0.1) is 11.8 Å². The summed E-state index contributed by atoms with van der Waals surface area (Å²) >= 11 is 0. The van der Waals surface area contributed by atoms with Crippen molar-refractivity contribution in [2.24, 2.45) is 11.8 Å². The van der Waals surface area contributed by atoms with Gasteiger partial charge in [0.1, 0.15) is 5.82 Å². The lowest BCUT2D eigenvalue weighted by molar-refractivity contribution is -0.151. The van der Waals surface area contributed by atoms with Crippen LogP contribution in [0.1, 0.15) is 18.7 Å². The first kappa shape index (κ1) is 12.9. The Morgan fingerprint density at radius 1 is 1.20 bits per heavy atom. The lowest BCUT2D eigenvalue weighted by atomic mass is 9.82. The molecule has 1 aliphatic carbocycles. The molecule has 0 saturated heterocycles. The molecule has 0 fully saturated rings. The van der Waals surface area contributed by atoms with Gasteiger partial charge in [-0.25, -0.2) is 4.98 Å². The molecule has 106 valence electrons. The minimum absolute atomic E-state index is 0.0593. The SMILES string of the molecule is O=C(O)C1CC=CCC1C(=O)N1CCn2ccnc2C1. The van der Waals surface area contributed by atoms with Crippen LogP contribution >= 0.6 is 0 Å². The summed E-state index contributed by atoms with van der Waals surface area (Å²) < 4.78 is 2.03. The van der Waals surface area contributed by atoms with E-state index in [1.807, 2.05) is 22.9 Å². The van der Waals surface area contributed by atoms with E-state index in [0.29, 0.717) is 25.9 Å². The fourth-order valence-electron chi connectivity index (χ4n) is 2.96. The molecular formula is C14H17N3O3. The van der Waals surface area contributed by atoms with E-state index in [9.17, 15) is 14.7 Å². The molecule has 0 spiro atoms. The number of amides is 1.